The number of para-hydroxylation sites is 2. The summed E-state index contributed by atoms with van der Waals surface area (Å²) in [4.78, 5) is 4.70. The molecular weight excluding hydrogens is 292 g/mol. The van der Waals surface area contributed by atoms with Crippen molar-refractivity contribution in [3.63, 3.8) is 0 Å². The molecule has 0 spiro atoms. The Balaban J connectivity index is 1.67. The molecule has 0 atom stereocenters. The molecule has 2 aromatic heterocycles. The van der Waals surface area contributed by atoms with Gasteiger partial charge in [-0.05, 0) is 12.1 Å². The van der Waals surface area contributed by atoms with Crippen LogP contribution >= 0.6 is 11.8 Å². The Bertz CT molecular complexity index is 956. The molecule has 0 N–H and O–H groups in total. The van der Waals surface area contributed by atoms with E-state index >= 15 is 0 Å². The molecule has 0 amide bonds. The largest absolute Gasteiger partial charge is 0.330 e. The summed E-state index contributed by atoms with van der Waals surface area (Å²) in [6, 6.07) is 16.4. The number of hydrogen-bond acceptors (Lipinski definition) is 4. The highest BCUT2D eigenvalue weighted by Crippen LogP contribution is 2.28. The number of benzene rings is 2. The number of aryl methyl sites for hydroxylation is 1. The monoisotopic (exact) mass is 306 g/mol. The molecule has 4 aromatic rings. The maximum atomic E-state index is 4.70. The number of nitrogens with zero attached hydrogens (tertiary/aromatic N) is 4. The van der Waals surface area contributed by atoms with E-state index in [2.05, 4.69) is 40.0 Å². The van der Waals surface area contributed by atoms with Gasteiger partial charge in [-0.1, -0.05) is 48.2 Å². The molecule has 0 fully saturated rings. The molecule has 5 heteroatoms. The highest BCUT2D eigenvalue weighted by atomic mass is 32.2. The average molecular weight is 306 g/mol. The van der Waals surface area contributed by atoms with Crippen molar-refractivity contribution in [1.82, 2.24) is 19.7 Å². The molecule has 0 radical (unpaired) electrons. The van der Waals surface area contributed by atoms with Crippen molar-refractivity contribution in [2.75, 3.05) is 0 Å². The van der Waals surface area contributed by atoms with Gasteiger partial charge in [0.15, 0.2) is 0 Å². The molecule has 0 aliphatic rings. The number of hydrogen-bond donors (Lipinski definition) is 0. The highest BCUT2D eigenvalue weighted by molar-refractivity contribution is 7.98. The van der Waals surface area contributed by atoms with Gasteiger partial charge in [-0.15, -0.1) is 5.10 Å². The fourth-order valence-electron chi connectivity index (χ4n) is 2.57. The molecule has 0 unspecified atom stereocenters. The zero-order chi connectivity index (χ0) is 14.9. The van der Waals surface area contributed by atoms with E-state index in [1.54, 1.807) is 18.0 Å². The van der Waals surface area contributed by atoms with Crippen molar-refractivity contribution in [2.45, 2.75) is 10.8 Å². The van der Waals surface area contributed by atoms with Gasteiger partial charge in [0.1, 0.15) is 10.9 Å². The molecule has 0 saturated heterocycles. The lowest BCUT2D eigenvalue weighted by molar-refractivity contribution is 0.873. The van der Waals surface area contributed by atoms with Crippen LogP contribution in [-0.4, -0.2) is 19.7 Å². The molecule has 0 aliphatic carbocycles. The Morgan fingerprint density at radius 1 is 1.05 bits per heavy atom. The molecule has 0 aliphatic heterocycles. The molecule has 2 aromatic carbocycles. The third kappa shape index (κ3) is 2.23. The van der Waals surface area contributed by atoms with Gasteiger partial charge in [0.2, 0.25) is 0 Å². The van der Waals surface area contributed by atoms with Crippen LogP contribution in [0.25, 0.3) is 21.8 Å². The van der Waals surface area contributed by atoms with Crippen molar-refractivity contribution in [1.29, 1.82) is 0 Å². The maximum absolute atomic E-state index is 4.70. The minimum atomic E-state index is 0.772. The fourth-order valence-corrected chi connectivity index (χ4v) is 3.54. The fraction of sp³-hybridized carbons (Fsp3) is 0.118. The molecule has 108 valence electrons. The summed E-state index contributed by atoms with van der Waals surface area (Å²) in [5.74, 6) is 1.81. The standard InChI is InChI=1S/C17H14N4S/c1-21-15-9-5-4-8-14(15)19-16(21)11-22-17-13-7-3-2-6-12(13)10-18-20-17/h2-10H,11H2,1H3. The van der Waals surface area contributed by atoms with Crippen molar-refractivity contribution in [3.05, 3.63) is 60.6 Å². The van der Waals surface area contributed by atoms with E-state index in [4.69, 9.17) is 4.98 Å². The van der Waals surface area contributed by atoms with Gasteiger partial charge < -0.3 is 4.57 Å². The van der Waals surface area contributed by atoms with Gasteiger partial charge in [0.25, 0.3) is 0 Å². The van der Waals surface area contributed by atoms with E-state index < -0.39 is 0 Å². The first-order valence-corrected chi connectivity index (χ1v) is 8.05. The van der Waals surface area contributed by atoms with E-state index in [9.17, 15) is 0 Å². The second-order valence-electron chi connectivity index (χ2n) is 5.10. The van der Waals surface area contributed by atoms with Crippen molar-refractivity contribution >= 4 is 33.6 Å². The van der Waals surface area contributed by atoms with Crippen LogP contribution in [0.1, 0.15) is 5.82 Å². The Hall–Kier alpha value is -2.40. The van der Waals surface area contributed by atoms with Gasteiger partial charge in [-0.2, -0.15) is 5.10 Å². The zero-order valence-electron chi connectivity index (χ0n) is 12.1. The van der Waals surface area contributed by atoms with E-state index in [0.29, 0.717) is 0 Å². The third-order valence-electron chi connectivity index (χ3n) is 3.75. The van der Waals surface area contributed by atoms with Crippen LogP contribution < -0.4 is 0 Å². The number of fused-ring (bicyclic) bond motifs is 2. The van der Waals surface area contributed by atoms with Gasteiger partial charge in [-0.3, -0.25) is 0 Å². The van der Waals surface area contributed by atoms with Gasteiger partial charge >= 0.3 is 0 Å². The smallest absolute Gasteiger partial charge is 0.127 e. The lowest BCUT2D eigenvalue weighted by Crippen LogP contribution is -1.96. The summed E-state index contributed by atoms with van der Waals surface area (Å²) in [5.41, 5.74) is 2.19. The van der Waals surface area contributed by atoms with Crippen LogP contribution in [0.3, 0.4) is 0 Å². The highest BCUT2D eigenvalue weighted by Gasteiger charge is 2.09. The van der Waals surface area contributed by atoms with Crippen LogP contribution in [0.4, 0.5) is 0 Å². The second-order valence-corrected chi connectivity index (χ2v) is 6.07. The van der Waals surface area contributed by atoms with Gasteiger partial charge in [-0.25, -0.2) is 4.98 Å². The van der Waals surface area contributed by atoms with Crippen LogP contribution in [0, 0.1) is 0 Å². The first kappa shape index (κ1) is 13.3. The van der Waals surface area contributed by atoms with E-state index in [-0.39, 0.29) is 0 Å². The average Bonchev–Trinajstić information content (AvgIpc) is 2.89. The normalized spacial score (nSPS) is 11.3. The van der Waals surface area contributed by atoms with Gasteiger partial charge in [0.05, 0.1) is 23.0 Å². The topological polar surface area (TPSA) is 43.6 Å². The lowest BCUT2D eigenvalue weighted by atomic mass is 10.2. The number of rotatable bonds is 3. The minimum Gasteiger partial charge on any atom is -0.330 e. The number of thioether (sulfide) groups is 1. The predicted molar refractivity (Wildman–Crippen MR) is 89.8 cm³/mol. The second kappa shape index (κ2) is 5.42. The van der Waals surface area contributed by atoms with E-state index in [1.165, 1.54) is 0 Å². The summed E-state index contributed by atoms with van der Waals surface area (Å²) in [7, 11) is 2.06. The Kier molecular flexibility index (Phi) is 3.27. The molecule has 2 heterocycles. The first-order valence-electron chi connectivity index (χ1n) is 7.06. The SMILES string of the molecule is Cn1c(CSc2nncc3ccccc23)nc2ccccc21. The third-order valence-corrected chi connectivity index (χ3v) is 4.73. The van der Waals surface area contributed by atoms with Gasteiger partial charge in [0, 0.05) is 17.8 Å². The molecule has 4 nitrogen and oxygen atoms in total. The summed E-state index contributed by atoms with van der Waals surface area (Å²) in [6.07, 6.45) is 1.80. The van der Waals surface area contributed by atoms with Crippen LogP contribution in [0.5, 0.6) is 0 Å². The van der Waals surface area contributed by atoms with Crippen molar-refractivity contribution in [3.8, 4) is 0 Å². The van der Waals surface area contributed by atoms with E-state index in [1.807, 2.05) is 30.3 Å². The molecule has 0 bridgehead atoms. The molecule has 22 heavy (non-hydrogen) atoms. The molecule has 0 saturated carbocycles. The summed E-state index contributed by atoms with van der Waals surface area (Å²) in [6.45, 7) is 0. The molecular formula is C17H14N4S. The van der Waals surface area contributed by atoms with Crippen molar-refractivity contribution < 1.29 is 0 Å². The molecule has 4 rings (SSSR count). The van der Waals surface area contributed by atoms with Crippen LogP contribution in [-0.2, 0) is 12.8 Å². The summed E-state index contributed by atoms with van der Waals surface area (Å²) in [5, 5.41) is 11.6. The van der Waals surface area contributed by atoms with Crippen molar-refractivity contribution in [2.24, 2.45) is 7.05 Å². The predicted octanol–water partition coefficient (Wildman–Crippen LogP) is 3.81. The first-order chi connectivity index (χ1) is 10.8. The number of aromatic nitrogens is 4. The summed E-state index contributed by atoms with van der Waals surface area (Å²) >= 11 is 1.68. The maximum Gasteiger partial charge on any atom is 0.127 e. The van der Waals surface area contributed by atoms with Crippen LogP contribution in [0.2, 0.25) is 0 Å². The minimum absolute atomic E-state index is 0.772. The summed E-state index contributed by atoms with van der Waals surface area (Å²) < 4.78 is 2.14. The van der Waals surface area contributed by atoms with Crippen LogP contribution in [0.15, 0.2) is 59.8 Å². The number of imidazole rings is 1. The Morgan fingerprint density at radius 3 is 2.77 bits per heavy atom. The lowest BCUT2D eigenvalue weighted by Gasteiger charge is -2.04. The van der Waals surface area contributed by atoms with E-state index in [0.717, 1.165) is 38.4 Å². The quantitative estimate of drug-likeness (QED) is 0.540. The Labute approximate surface area is 132 Å². The Morgan fingerprint density at radius 2 is 1.86 bits per heavy atom. The zero-order valence-corrected chi connectivity index (χ0v) is 12.9.